The second-order valence-electron chi connectivity index (χ2n) is 23.4. The summed E-state index contributed by atoms with van der Waals surface area (Å²) in [5, 5.41) is 5.04. The summed E-state index contributed by atoms with van der Waals surface area (Å²) in [6.45, 7) is 8.40. The van der Waals surface area contributed by atoms with Crippen LogP contribution in [0, 0.1) is 27.7 Å². The molecule has 0 atom stereocenters. The molecule has 0 aliphatic rings. The second-order valence-corrected chi connectivity index (χ2v) is 24.6. The summed E-state index contributed by atoms with van der Waals surface area (Å²) in [4.78, 5) is 11.1. The van der Waals surface area contributed by atoms with Crippen LogP contribution in [0.25, 0.3) is 0 Å². The number of aryl methyl sites for hydroxylation is 4. The summed E-state index contributed by atoms with van der Waals surface area (Å²) < 4.78 is 0. The van der Waals surface area contributed by atoms with Crippen molar-refractivity contribution in [2.24, 2.45) is 0 Å². The van der Waals surface area contributed by atoms with Crippen LogP contribution in [0.3, 0.4) is 0 Å². The zero-order valence-corrected chi connectivity index (χ0v) is 56.8. The Morgan fingerprint density at radius 1 is 0.196 bits per heavy atom. The molecule has 0 saturated carbocycles. The van der Waals surface area contributed by atoms with Gasteiger partial charge in [-0.25, -0.2) is 0 Å². The quantitative estimate of drug-likeness (QED) is 0.0977. The van der Waals surface area contributed by atoms with Crippen molar-refractivity contribution in [1.82, 2.24) is 0 Å². The number of halogens is 3. The lowest BCUT2D eigenvalue weighted by atomic mass is 10.1. The zero-order valence-electron chi connectivity index (χ0n) is 54.5. The van der Waals surface area contributed by atoms with Crippen LogP contribution in [-0.2, 0) is 0 Å². The summed E-state index contributed by atoms with van der Waals surface area (Å²) >= 11 is 20.7. The summed E-state index contributed by atoms with van der Waals surface area (Å²) in [6.07, 6.45) is 0. The first-order chi connectivity index (χ1) is 47.5. The molecule has 0 aliphatic heterocycles. The van der Waals surface area contributed by atoms with Crippen LogP contribution >= 0.6 is 34.8 Å². The molecule has 0 amide bonds. The van der Waals surface area contributed by atoms with Gasteiger partial charge < -0.3 is 29.8 Å². The van der Waals surface area contributed by atoms with Crippen molar-refractivity contribution in [2.45, 2.75) is 27.7 Å². The van der Waals surface area contributed by atoms with Gasteiger partial charge in [-0.2, -0.15) is 0 Å². The van der Waals surface area contributed by atoms with Crippen molar-refractivity contribution < 1.29 is 0 Å². The number of anilines is 17. The predicted molar refractivity (Wildman–Crippen MR) is 416 cm³/mol. The van der Waals surface area contributed by atoms with Crippen molar-refractivity contribution in [3.05, 3.63) is 401 Å². The number of rotatable bonds is 17. The Morgan fingerprint density at radius 2 is 0.412 bits per heavy atom. The van der Waals surface area contributed by atoms with E-state index < -0.39 is 0 Å². The zero-order chi connectivity index (χ0) is 66.9. The fraction of sp³-hybridized carbons (Fsp3) is 0.0455. The summed E-state index contributed by atoms with van der Waals surface area (Å²) in [6, 6.07) is 125. The van der Waals surface area contributed by atoms with Gasteiger partial charge in [0.25, 0.3) is 0 Å². The van der Waals surface area contributed by atoms with Gasteiger partial charge >= 0.3 is 0 Å². The highest BCUT2D eigenvalue weighted by Crippen LogP contribution is 2.49. The van der Waals surface area contributed by atoms with Gasteiger partial charge in [-0.05, 0) is 210 Å². The van der Waals surface area contributed by atoms with Crippen LogP contribution in [-0.4, -0.2) is 0 Å². The molecule has 0 radical (unpaired) electrons. The molecule has 0 saturated heterocycles. The molecule has 0 heterocycles. The van der Waals surface area contributed by atoms with Crippen molar-refractivity contribution >= 4 is 131 Å². The minimum atomic E-state index is 0.515. The smallest absolute Gasteiger partial charge is 0.0887 e. The minimum Gasteiger partial charge on any atom is -0.356 e. The van der Waals surface area contributed by atoms with Crippen LogP contribution in [0.4, 0.5) is 96.7 Å². The van der Waals surface area contributed by atoms with E-state index in [1.165, 1.54) is 22.3 Å². The molecule has 9 heteroatoms. The molecule has 0 aliphatic carbocycles. The molecule has 14 aromatic carbocycles. The summed E-state index contributed by atoms with van der Waals surface area (Å²) in [7, 11) is 0. The third-order valence-corrected chi connectivity index (χ3v) is 17.6. The average Bonchev–Trinajstić information content (AvgIpc) is 0.784. The van der Waals surface area contributed by atoms with Gasteiger partial charge in [0.1, 0.15) is 0 Å². The maximum Gasteiger partial charge on any atom is 0.0887 e. The summed E-state index contributed by atoms with van der Waals surface area (Å²) in [5.41, 5.74) is 22.3. The van der Waals surface area contributed by atoms with E-state index in [1.807, 2.05) is 60.7 Å². The van der Waals surface area contributed by atoms with Crippen molar-refractivity contribution in [3.63, 3.8) is 0 Å². The van der Waals surface area contributed by atoms with E-state index in [1.54, 1.807) is 6.07 Å². The van der Waals surface area contributed by atoms with Gasteiger partial charge in [0.05, 0.1) is 32.1 Å². The van der Waals surface area contributed by atoms with E-state index >= 15 is 0 Å². The number of hydrogen-bond acceptors (Lipinski definition) is 6. The number of benzene rings is 14. The van der Waals surface area contributed by atoms with Crippen LogP contribution in [0.15, 0.2) is 364 Å². The molecule has 0 spiro atoms. The van der Waals surface area contributed by atoms with Gasteiger partial charge in [-0.1, -0.05) is 239 Å². The van der Waals surface area contributed by atoms with Crippen molar-refractivity contribution in [3.8, 4) is 0 Å². The van der Waals surface area contributed by atoms with E-state index in [2.05, 4.69) is 355 Å². The van der Waals surface area contributed by atoms with E-state index in [-0.39, 0.29) is 0 Å². The lowest BCUT2D eigenvalue weighted by molar-refractivity contribution is 1.23. The Kier molecular flexibility index (Phi) is 21.6. The molecule has 0 aromatic heterocycles. The minimum absolute atomic E-state index is 0.515. The average molecular weight is 1320 g/mol. The third kappa shape index (κ3) is 16.3. The molecular formula is C88H73Cl3N6. The Balaban J connectivity index is 0.000000158. The maximum atomic E-state index is 7.56. The lowest BCUT2D eigenvalue weighted by Gasteiger charge is -2.32. The molecule has 14 rings (SSSR count). The van der Waals surface area contributed by atoms with Gasteiger partial charge in [0.15, 0.2) is 0 Å². The second kappa shape index (κ2) is 31.8. The highest BCUT2D eigenvalue weighted by molar-refractivity contribution is 6.44. The predicted octanol–water partition coefficient (Wildman–Crippen LogP) is 27.3. The molecular weight excluding hydrogens is 1250 g/mol. The molecule has 1 N–H and O–H groups in total. The van der Waals surface area contributed by atoms with Crippen LogP contribution in [0.5, 0.6) is 0 Å². The largest absolute Gasteiger partial charge is 0.356 e. The van der Waals surface area contributed by atoms with Crippen LogP contribution in [0.2, 0.25) is 15.1 Å². The number of nitrogens with zero attached hydrogens (tertiary/aromatic N) is 5. The Morgan fingerprint density at radius 3 is 0.722 bits per heavy atom. The Hall–Kier alpha value is -11.3. The molecule has 476 valence electrons. The monoisotopic (exact) mass is 1320 g/mol. The van der Waals surface area contributed by atoms with Gasteiger partial charge in [0.2, 0.25) is 0 Å². The Bertz CT molecular complexity index is 4610. The van der Waals surface area contributed by atoms with Gasteiger partial charge in [0, 0.05) is 79.6 Å². The van der Waals surface area contributed by atoms with Crippen LogP contribution < -0.4 is 29.8 Å². The molecule has 0 unspecified atom stereocenters. The number of para-hydroxylation sites is 6. The maximum absolute atomic E-state index is 7.56. The van der Waals surface area contributed by atoms with Crippen LogP contribution in [0.1, 0.15) is 22.3 Å². The first kappa shape index (κ1) is 65.8. The Labute approximate surface area is 586 Å². The van der Waals surface area contributed by atoms with E-state index in [4.69, 9.17) is 34.8 Å². The highest BCUT2D eigenvalue weighted by atomic mass is 35.5. The van der Waals surface area contributed by atoms with Crippen molar-refractivity contribution in [1.29, 1.82) is 0 Å². The van der Waals surface area contributed by atoms with E-state index in [9.17, 15) is 0 Å². The highest BCUT2D eigenvalue weighted by Gasteiger charge is 2.24. The first-order valence-electron chi connectivity index (χ1n) is 32.3. The lowest BCUT2D eigenvalue weighted by Crippen LogP contribution is -2.15. The fourth-order valence-corrected chi connectivity index (χ4v) is 12.2. The van der Waals surface area contributed by atoms with Gasteiger partial charge in [-0.3, -0.25) is 0 Å². The normalized spacial score (nSPS) is 10.6. The third-order valence-electron chi connectivity index (χ3n) is 16.4. The van der Waals surface area contributed by atoms with E-state index in [0.29, 0.717) is 15.1 Å². The van der Waals surface area contributed by atoms with E-state index in [0.717, 1.165) is 96.7 Å². The standard InChI is InChI=1S/C44H36ClN3.C30H22Cl2N2.C14H15N/c1-33-24-28-38(29-25-33)47(39-30-26-34(2)27-31-39)42-22-13-23-43(44(42)45)48(37-18-10-5-11-19-37)41-21-12-20-40(32-41)46(35-14-6-3-7-15-35)36-16-8-4-9-17-36;31-28-20-11-21-29(30(28)32)34(25-16-8-3-9-17-25)27-19-10-18-26(22-27)33(23-12-4-1-5-13-23)24-14-6-2-7-15-24;1-11-3-7-13(8-4-11)15-14-9-5-12(2)6-10-14/h3-32H,1-2H3;1-22H;3-10,15H,1-2H3. The molecule has 0 bridgehead atoms. The number of nitrogens with one attached hydrogen (secondary N) is 1. The first-order valence-corrected chi connectivity index (χ1v) is 33.4. The molecule has 6 nitrogen and oxygen atoms in total. The SMILES string of the molecule is Cc1ccc(N(c2ccc(C)cc2)c2cccc(N(c3ccccc3)c3cccc(N(c4ccccc4)c4ccccc4)c3)c2Cl)cc1.Cc1ccc(Nc2ccc(C)cc2)cc1.Clc1cccc(N(c2ccccc2)c2cccc(N(c3ccccc3)c3ccccc3)c2)c1Cl. The van der Waals surface area contributed by atoms with Crippen molar-refractivity contribution in [2.75, 3.05) is 29.8 Å². The van der Waals surface area contributed by atoms with Gasteiger partial charge in [-0.15, -0.1) is 0 Å². The fourth-order valence-electron chi connectivity index (χ4n) is 11.5. The molecule has 0 fully saturated rings. The number of hydrogen-bond donors (Lipinski definition) is 1. The molecule has 14 aromatic rings. The molecule has 97 heavy (non-hydrogen) atoms. The summed E-state index contributed by atoms with van der Waals surface area (Å²) in [5.74, 6) is 0. The topological polar surface area (TPSA) is 28.2 Å².